The second kappa shape index (κ2) is 31.8. The Bertz CT molecular complexity index is 1030. The highest BCUT2D eigenvalue weighted by molar-refractivity contribution is 7.85. The van der Waals surface area contributed by atoms with Crippen molar-refractivity contribution in [1.29, 1.82) is 0 Å². The van der Waals surface area contributed by atoms with E-state index in [4.69, 9.17) is 0 Å². The number of anilines is 2. The Hall–Kier alpha value is -1.93. The summed E-state index contributed by atoms with van der Waals surface area (Å²) in [7, 11) is -4.51. The zero-order valence-corrected chi connectivity index (χ0v) is 33.2. The van der Waals surface area contributed by atoms with Crippen molar-refractivity contribution in [2.75, 3.05) is 10.6 Å². The van der Waals surface area contributed by atoms with Crippen molar-refractivity contribution in [1.82, 2.24) is 0 Å². The van der Waals surface area contributed by atoms with Gasteiger partial charge in [-0.1, -0.05) is 194 Å². The molecule has 8 heteroatoms. The van der Waals surface area contributed by atoms with Crippen LogP contribution in [0.25, 0.3) is 0 Å². The van der Waals surface area contributed by atoms with Gasteiger partial charge in [-0.15, -0.1) is 0 Å². The van der Waals surface area contributed by atoms with Crippen molar-refractivity contribution < 1.29 is 22.6 Å². The molecule has 0 spiro atoms. The van der Waals surface area contributed by atoms with Crippen molar-refractivity contribution >= 4 is 33.3 Å². The quantitative estimate of drug-likeness (QED) is 0.0477. The lowest BCUT2D eigenvalue weighted by Crippen LogP contribution is -2.14. The fraction of sp³-hybridized carbons (Fsp3) is 0.810. The summed E-state index contributed by atoms with van der Waals surface area (Å²) in [4.78, 5) is 24.8. The van der Waals surface area contributed by atoms with Crippen LogP contribution < -0.4 is 10.6 Å². The molecule has 290 valence electrons. The maximum absolute atomic E-state index is 12.6. The number of rotatable bonds is 35. The molecule has 0 saturated heterocycles. The molecule has 0 aliphatic carbocycles. The fourth-order valence-corrected chi connectivity index (χ4v) is 7.20. The van der Waals surface area contributed by atoms with Crippen molar-refractivity contribution in [2.24, 2.45) is 0 Å². The van der Waals surface area contributed by atoms with Gasteiger partial charge in [0.1, 0.15) is 0 Å². The van der Waals surface area contributed by atoms with E-state index in [0.29, 0.717) is 12.8 Å². The molecule has 3 N–H and O–H groups in total. The zero-order valence-electron chi connectivity index (χ0n) is 32.3. The normalized spacial score (nSPS) is 11.6. The lowest BCUT2D eigenvalue weighted by molar-refractivity contribution is -0.117. The van der Waals surface area contributed by atoms with E-state index in [1.807, 2.05) is 0 Å². The summed E-state index contributed by atoms with van der Waals surface area (Å²) in [6.45, 7) is 4.52. The van der Waals surface area contributed by atoms with Crippen LogP contribution in [0.1, 0.15) is 219 Å². The maximum Gasteiger partial charge on any atom is 0.294 e. The molecule has 0 fully saturated rings. The van der Waals surface area contributed by atoms with E-state index in [0.717, 1.165) is 38.5 Å². The van der Waals surface area contributed by atoms with Crippen LogP contribution in [-0.2, 0) is 19.7 Å². The lowest BCUT2D eigenvalue weighted by atomic mass is 10.0. The fourth-order valence-electron chi connectivity index (χ4n) is 6.65. The molecule has 0 atom stereocenters. The minimum absolute atomic E-state index is 0.206. The molecule has 0 saturated carbocycles. The first-order valence-electron chi connectivity index (χ1n) is 21.0. The van der Waals surface area contributed by atoms with Crippen LogP contribution in [0.4, 0.5) is 11.4 Å². The van der Waals surface area contributed by atoms with Gasteiger partial charge in [-0.05, 0) is 31.0 Å². The average Bonchev–Trinajstić information content (AvgIpc) is 3.07. The molecule has 1 rings (SSSR count). The van der Waals surface area contributed by atoms with E-state index < -0.39 is 10.1 Å². The molecule has 1 aromatic carbocycles. The SMILES string of the molecule is CCCCCCCCCCCCCCCCCC(=O)Nc1cc(NC(=O)CCCCCCCCCCCCCCCCC)cc(S(=O)(=O)O)c1. The second-order valence-corrected chi connectivity index (χ2v) is 16.1. The summed E-state index contributed by atoms with van der Waals surface area (Å²) in [6.07, 6.45) is 38.4. The Morgan fingerprint density at radius 1 is 0.440 bits per heavy atom. The van der Waals surface area contributed by atoms with Crippen molar-refractivity contribution in [3.8, 4) is 0 Å². The average molecular weight is 721 g/mol. The predicted molar refractivity (Wildman–Crippen MR) is 213 cm³/mol. The Balaban J connectivity index is 2.21. The number of benzene rings is 1. The summed E-state index contributed by atoms with van der Waals surface area (Å²) in [5.41, 5.74) is 0.488. The number of nitrogens with one attached hydrogen (secondary N) is 2. The molecule has 0 radical (unpaired) electrons. The number of carbonyl (C=O) groups excluding carboxylic acids is 2. The smallest absolute Gasteiger partial charge is 0.294 e. The summed E-state index contributed by atoms with van der Waals surface area (Å²) in [5, 5.41) is 5.50. The summed E-state index contributed by atoms with van der Waals surface area (Å²) in [6, 6.07) is 4.00. The summed E-state index contributed by atoms with van der Waals surface area (Å²) < 4.78 is 33.5. The van der Waals surface area contributed by atoms with E-state index in [1.54, 1.807) is 6.07 Å². The van der Waals surface area contributed by atoms with Crippen molar-refractivity contribution in [2.45, 2.75) is 224 Å². The van der Waals surface area contributed by atoms with Gasteiger partial charge in [0.05, 0.1) is 4.90 Å². The van der Waals surface area contributed by atoms with Crippen LogP contribution >= 0.6 is 0 Å². The van der Waals surface area contributed by atoms with Crippen molar-refractivity contribution in [3.63, 3.8) is 0 Å². The van der Waals surface area contributed by atoms with E-state index in [-0.39, 0.29) is 28.1 Å². The first kappa shape index (κ1) is 46.1. The highest BCUT2D eigenvalue weighted by Crippen LogP contribution is 2.24. The van der Waals surface area contributed by atoms with Gasteiger partial charge in [0.15, 0.2) is 0 Å². The minimum Gasteiger partial charge on any atom is -0.326 e. The molecule has 0 bridgehead atoms. The zero-order chi connectivity index (χ0) is 36.5. The number of hydrogen-bond donors (Lipinski definition) is 3. The Labute approximate surface area is 308 Å². The predicted octanol–water partition coefficient (Wildman–Crippen LogP) is 13.3. The second-order valence-electron chi connectivity index (χ2n) is 14.7. The molecule has 0 aromatic heterocycles. The standard InChI is InChI=1S/C42H76N2O5S/c1-3-5-7-9-11-13-15-17-19-21-23-25-27-29-31-33-41(45)43-38-35-39(37-40(36-38)50(47,48)49)44-42(46)34-32-30-28-26-24-22-20-18-16-14-12-10-8-6-4-2/h35-37H,3-34H2,1-2H3,(H,43,45)(H,44,46)(H,47,48,49). The third-order valence-corrected chi connectivity index (χ3v) is 10.6. The molecule has 0 heterocycles. The third-order valence-electron chi connectivity index (χ3n) is 9.79. The molecule has 0 aliphatic heterocycles. The number of unbranched alkanes of at least 4 members (excludes halogenated alkanes) is 28. The summed E-state index contributed by atoms with van der Waals surface area (Å²) >= 11 is 0. The third kappa shape index (κ3) is 27.8. The minimum atomic E-state index is -4.51. The Kier molecular flexibility index (Phi) is 29.3. The topological polar surface area (TPSA) is 113 Å². The molecule has 50 heavy (non-hydrogen) atoms. The molecular weight excluding hydrogens is 645 g/mol. The van der Waals surface area contributed by atoms with Crippen LogP contribution in [0.3, 0.4) is 0 Å². The van der Waals surface area contributed by atoms with E-state index in [2.05, 4.69) is 24.5 Å². The van der Waals surface area contributed by atoms with E-state index in [9.17, 15) is 22.6 Å². The van der Waals surface area contributed by atoms with Gasteiger partial charge >= 0.3 is 0 Å². The first-order valence-corrected chi connectivity index (χ1v) is 22.4. The molecule has 1 aromatic rings. The lowest BCUT2D eigenvalue weighted by Gasteiger charge is -2.11. The molecule has 0 unspecified atom stereocenters. The highest BCUT2D eigenvalue weighted by atomic mass is 32.2. The van der Waals surface area contributed by atoms with Gasteiger partial charge in [-0.3, -0.25) is 14.1 Å². The highest BCUT2D eigenvalue weighted by Gasteiger charge is 2.15. The monoisotopic (exact) mass is 721 g/mol. The van der Waals surface area contributed by atoms with Crippen LogP contribution in [0.2, 0.25) is 0 Å². The van der Waals surface area contributed by atoms with Crippen LogP contribution in [0.5, 0.6) is 0 Å². The van der Waals surface area contributed by atoms with Gasteiger partial charge < -0.3 is 10.6 Å². The van der Waals surface area contributed by atoms with Crippen LogP contribution in [0, 0.1) is 0 Å². The molecular formula is C42H76N2O5S. The van der Waals surface area contributed by atoms with Crippen LogP contribution in [0.15, 0.2) is 23.1 Å². The van der Waals surface area contributed by atoms with Gasteiger partial charge in [0.2, 0.25) is 11.8 Å². The van der Waals surface area contributed by atoms with Gasteiger partial charge in [0, 0.05) is 24.2 Å². The van der Waals surface area contributed by atoms with Gasteiger partial charge in [-0.25, -0.2) is 0 Å². The molecule has 2 amide bonds. The number of hydrogen-bond acceptors (Lipinski definition) is 4. The van der Waals surface area contributed by atoms with Gasteiger partial charge in [0.25, 0.3) is 10.1 Å². The Morgan fingerprint density at radius 3 is 0.920 bits per heavy atom. The summed E-state index contributed by atoms with van der Waals surface area (Å²) in [5.74, 6) is -0.412. The van der Waals surface area contributed by atoms with Gasteiger partial charge in [-0.2, -0.15) is 8.42 Å². The van der Waals surface area contributed by atoms with E-state index >= 15 is 0 Å². The Morgan fingerprint density at radius 2 is 0.680 bits per heavy atom. The number of carbonyl (C=O) groups is 2. The van der Waals surface area contributed by atoms with Crippen molar-refractivity contribution in [3.05, 3.63) is 18.2 Å². The maximum atomic E-state index is 12.6. The molecule has 7 nitrogen and oxygen atoms in total. The van der Waals surface area contributed by atoms with E-state index in [1.165, 1.54) is 166 Å². The first-order chi connectivity index (χ1) is 24.3. The number of amides is 2. The van der Waals surface area contributed by atoms with Crippen LogP contribution in [-0.4, -0.2) is 24.8 Å². The molecule has 0 aliphatic rings. The largest absolute Gasteiger partial charge is 0.326 e.